The largest absolute Gasteiger partial charge is 0.478 e. The van der Waals surface area contributed by atoms with Crippen LogP contribution in [0.1, 0.15) is 18.1 Å². The van der Waals surface area contributed by atoms with Gasteiger partial charge in [-0.1, -0.05) is 6.92 Å². The van der Waals surface area contributed by atoms with Gasteiger partial charge in [-0.15, -0.1) is 4.91 Å². The molecule has 0 aliphatic rings. The lowest BCUT2D eigenvalue weighted by Gasteiger charge is -2.14. The van der Waals surface area contributed by atoms with Crippen LogP contribution in [0.4, 0.5) is 0 Å². The second kappa shape index (κ2) is 8.55. The van der Waals surface area contributed by atoms with Gasteiger partial charge in [0.2, 0.25) is 0 Å². The highest BCUT2D eigenvalue weighted by atomic mass is 32.2. The van der Waals surface area contributed by atoms with Crippen molar-refractivity contribution in [3.63, 3.8) is 0 Å². The zero-order valence-corrected chi connectivity index (χ0v) is 12.6. The maximum atomic E-state index is 11.5. The molecule has 0 unspecified atom stereocenters. The summed E-state index contributed by atoms with van der Waals surface area (Å²) in [5.74, 6) is 0.657. The van der Waals surface area contributed by atoms with Gasteiger partial charge >= 0.3 is 5.97 Å². The van der Waals surface area contributed by atoms with Crippen molar-refractivity contribution in [2.24, 2.45) is 4.58 Å². The average molecular weight is 298 g/mol. The van der Waals surface area contributed by atoms with E-state index in [9.17, 15) is 9.70 Å². The lowest BCUT2D eigenvalue weighted by Crippen LogP contribution is -2.15. The number of ether oxygens (including phenoxy) is 2. The fraction of sp³-hybridized carbons (Fsp3) is 0.462. The van der Waals surface area contributed by atoms with Crippen molar-refractivity contribution in [1.82, 2.24) is 5.32 Å². The summed E-state index contributed by atoms with van der Waals surface area (Å²) in [5.41, 5.74) is 1.75. The number of esters is 1. The minimum atomic E-state index is -0.497. The summed E-state index contributed by atoms with van der Waals surface area (Å²) in [6.45, 7) is 4.24. The monoisotopic (exact) mass is 298 g/mol. The lowest BCUT2D eigenvalue weighted by atomic mass is 10.1. The molecule has 1 N–H and O–H groups in total. The molecule has 0 heterocycles. The van der Waals surface area contributed by atoms with Crippen LogP contribution < -0.4 is 14.8 Å². The first-order valence-electron chi connectivity index (χ1n) is 6.18. The Balaban J connectivity index is 2.87. The molecule has 0 bridgehead atoms. The van der Waals surface area contributed by atoms with E-state index in [-0.39, 0.29) is 5.75 Å². The minimum absolute atomic E-state index is 0.0948. The Morgan fingerprint density at radius 2 is 2.15 bits per heavy atom. The van der Waals surface area contributed by atoms with Gasteiger partial charge in [-0.2, -0.15) is 0 Å². The maximum absolute atomic E-state index is 11.5. The third kappa shape index (κ3) is 4.82. The summed E-state index contributed by atoms with van der Waals surface area (Å²) >= 11 is 0.627. The van der Waals surface area contributed by atoms with E-state index in [1.807, 2.05) is 19.9 Å². The van der Waals surface area contributed by atoms with Crippen molar-refractivity contribution >= 4 is 17.9 Å². The van der Waals surface area contributed by atoms with Crippen LogP contribution in [0.3, 0.4) is 0 Å². The Morgan fingerprint density at radius 1 is 1.40 bits per heavy atom. The van der Waals surface area contributed by atoms with Gasteiger partial charge in [0, 0.05) is 16.5 Å². The molecule has 1 rings (SSSR count). The highest BCUT2D eigenvalue weighted by Crippen LogP contribution is 2.29. The van der Waals surface area contributed by atoms with E-state index < -0.39 is 5.97 Å². The molecular weight excluding hydrogens is 280 g/mol. The summed E-state index contributed by atoms with van der Waals surface area (Å²) in [7, 11) is 1.80. The molecule has 1 aromatic carbocycles. The lowest BCUT2D eigenvalue weighted by molar-refractivity contribution is -0.131. The third-order valence-electron chi connectivity index (χ3n) is 2.57. The zero-order chi connectivity index (χ0) is 15.0. The molecule has 0 atom stereocenters. The highest BCUT2D eigenvalue weighted by molar-refractivity contribution is 7.98. The molecule has 0 saturated heterocycles. The molecule has 0 aromatic heterocycles. The summed E-state index contributed by atoms with van der Waals surface area (Å²) in [5, 5.41) is 2.91. The molecular formula is C13H18N2O4S. The van der Waals surface area contributed by atoms with E-state index in [0.717, 1.165) is 23.3 Å². The molecule has 7 heteroatoms. The number of carbonyl (C=O) groups is 1. The van der Waals surface area contributed by atoms with E-state index in [1.165, 1.54) is 0 Å². The Labute approximate surface area is 122 Å². The van der Waals surface area contributed by atoms with Gasteiger partial charge in [0.1, 0.15) is 24.0 Å². The molecule has 6 nitrogen and oxygen atoms in total. The summed E-state index contributed by atoms with van der Waals surface area (Å²) in [6.07, 6.45) is 0.758. The topological polar surface area (TPSA) is 77.0 Å². The predicted molar refractivity (Wildman–Crippen MR) is 79.0 cm³/mol. The van der Waals surface area contributed by atoms with E-state index in [0.29, 0.717) is 24.4 Å². The van der Waals surface area contributed by atoms with Crippen LogP contribution in [-0.4, -0.2) is 25.5 Å². The van der Waals surface area contributed by atoms with Crippen LogP contribution in [0, 0.1) is 11.8 Å². The van der Waals surface area contributed by atoms with Gasteiger partial charge < -0.3 is 9.47 Å². The molecule has 110 valence electrons. The highest BCUT2D eigenvalue weighted by Gasteiger charge is 2.12. The summed E-state index contributed by atoms with van der Waals surface area (Å²) < 4.78 is 13.4. The van der Waals surface area contributed by atoms with E-state index >= 15 is 0 Å². The second-order valence-electron chi connectivity index (χ2n) is 4.04. The van der Waals surface area contributed by atoms with Crippen LogP contribution in [0.2, 0.25) is 0 Å². The molecule has 0 amide bonds. The van der Waals surface area contributed by atoms with Gasteiger partial charge in [0.25, 0.3) is 0 Å². The van der Waals surface area contributed by atoms with Gasteiger partial charge in [-0.25, -0.2) is 0 Å². The van der Waals surface area contributed by atoms with Gasteiger partial charge in [0.05, 0.1) is 0 Å². The minimum Gasteiger partial charge on any atom is -0.478 e. The van der Waals surface area contributed by atoms with E-state index in [2.05, 4.69) is 9.90 Å². The van der Waals surface area contributed by atoms with Crippen LogP contribution >= 0.6 is 11.9 Å². The third-order valence-corrected chi connectivity index (χ3v) is 3.04. The molecule has 0 saturated carbocycles. The van der Waals surface area contributed by atoms with Crippen LogP contribution in [-0.2, 0) is 11.2 Å². The number of aryl methyl sites for hydroxylation is 2. The molecule has 0 aliphatic heterocycles. The molecule has 0 radical (unpaired) electrons. The van der Waals surface area contributed by atoms with Gasteiger partial charge in [-0.3, -0.25) is 10.1 Å². The Hall–Kier alpha value is -1.60. The number of hydrogen-bond acceptors (Lipinski definition) is 7. The van der Waals surface area contributed by atoms with E-state index in [4.69, 9.17) is 9.47 Å². The van der Waals surface area contributed by atoms with Gasteiger partial charge in [-0.05, 0) is 43.7 Å². The van der Waals surface area contributed by atoms with Crippen molar-refractivity contribution < 1.29 is 14.3 Å². The first kappa shape index (κ1) is 16.5. The molecule has 20 heavy (non-hydrogen) atoms. The quantitative estimate of drug-likeness (QED) is 0.261. The first-order valence-corrected chi connectivity index (χ1v) is 7.12. The van der Waals surface area contributed by atoms with Crippen LogP contribution in [0.15, 0.2) is 16.7 Å². The fourth-order valence-corrected chi connectivity index (χ4v) is 1.82. The number of benzene rings is 1. The van der Waals surface area contributed by atoms with Crippen LogP contribution in [0.5, 0.6) is 11.5 Å². The average Bonchev–Trinajstić information content (AvgIpc) is 2.45. The van der Waals surface area contributed by atoms with Crippen molar-refractivity contribution in [2.45, 2.75) is 20.3 Å². The molecule has 0 fully saturated rings. The smallest absolute Gasteiger partial charge is 0.323 e. The number of nitrogens with one attached hydrogen (secondary N) is 1. The predicted octanol–water partition coefficient (Wildman–Crippen LogP) is 2.43. The SMILES string of the molecule is CCc1cc(OC(=O)CSN=O)c(C)cc1OCNC. The number of nitrogens with zero attached hydrogens (tertiary/aromatic N) is 1. The zero-order valence-electron chi connectivity index (χ0n) is 11.8. The van der Waals surface area contributed by atoms with Crippen molar-refractivity contribution in [2.75, 3.05) is 19.5 Å². The number of nitroso groups, excluding NO2 is 1. The Bertz CT molecular complexity index is 480. The molecule has 0 spiro atoms. The standard InChI is InChI=1S/C13H18N2O4S/c1-4-10-6-11(19-13(16)7-20-15-17)9(2)5-12(10)18-8-14-3/h5-6,14H,4,7-8H2,1-3H3. The number of hydrogen-bond donors (Lipinski definition) is 1. The normalized spacial score (nSPS) is 10.2. The van der Waals surface area contributed by atoms with Crippen molar-refractivity contribution in [3.8, 4) is 11.5 Å². The maximum Gasteiger partial charge on any atom is 0.323 e. The van der Waals surface area contributed by atoms with Crippen LogP contribution in [0.25, 0.3) is 0 Å². The number of carbonyl (C=O) groups excluding carboxylic acids is 1. The van der Waals surface area contributed by atoms with Crippen molar-refractivity contribution in [1.29, 1.82) is 0 Å². The molecule has 1 aromatic rings. The fourth-order valence-electron chi connectivity index (χ4n) is 1.61. The summed E-state index contributed by atoms with van der Waals surface area (Å²) in [6, 6.07) is 3.63. The second-order valence-corrected chi connectivity index (χ2v) is 4.74. The Kier molecular flexibility index (Phi) is 7.03. The molecule has 0 aliphatic carbocycles. The first-order chi connectivity index (χ1) is 9.62. The summed E-state index contributed by atoms with van der Waals surface area (Å²) in [4.78, 5) is 21.5. The van der Waals surface area contributed by atoms with E-state index in [1.54, 1.807) is 13.1 Å². The number of rotatable bonds is 8. The Morgan fingerprint density at radius 3 is 2.75 bits per heavy atom. The van der Waals surface area contributed by atoms with Crippen molar-refractivity contribution in [3.05, 3.63) is 28.2 Å². The van der Waals surface area contributed by atoms with Gasteiger partial charge in [0.15, 0.2) is 0 Å².